The maximum Gasteiger partial charge on any atom is 0.232 e. The van der Waals surface area contributed by atoms with Crippen molar-refractivity contribution in [2.24, 2.45) is 16.8 Å². The standard InChI is InChI=1S/C7H15N3O3/c1-5(6(8)9-13)7(12)10(2)3-4-11/h5,11,13H,3-4H2,1-2H3,(H2,8,9). The third kappa shape index (κ3) is 3.29. The van der Waals surface area contributed by atoms with E-state index in [0.717, 1.165) is 0 Å². The zero-order chi connectivity index (χ0) is 10.4. The number of aliphatic hydroxyl groups is 1. The van der Waals surface area contributed by atoms with Crippen molar-refractivity contribution in [3.8, 4) is 0 Å². The minimum Gasteiger partial charge on any atom is -0.409 e. The van der Waals surface area contributed by atoms with Crippen molar-refractivity contribution in [3.63, 3.8) is 0 Å². The summed E-state index contributed by atoms with van der Waals surface area (Å²) in [6.07, 6.45) is 0. The fourth-order valence-electron chi connectivity index (χ4n) is 0.804. The van der Waals surface area contributed by atoms with Gasteiger partial charge in [0.05, 0.1) is 12.5 Å². The number of aliphatic hydroxyl groups excluding tert-OH is 1. The quantitative estimate of drug-likeness (QED) is 0.224. The molecule has 0 bridgehead atoms. The Morgan fingerprint density at radius 2 is 2.23 bits per heavy atom. The van der Waals surface area contributed by atoms with Crippen LogP contribution in [0.2, 0.25) is 0 Å². The van der Waals surface area contributed by atoms with Gasteiger partial charge in [-0.15, -0.1) is 0 Å². The summed E-state index contributed by atoms with van der Waals surface area (Å²) >= 11 is 0. The van der Waals surface area contributed by atoms with Gasteiger partial charge in [-0.25, -0.2) is 0 Å². The Labute approximate surface area is 76.6 Å². The van der Waals surface area contributed by atoms with Crippen LogP contribution in [0.25, 0.3) is 0 Å². The van der Waals surface area contributed by atoms with Gasteiger partial charge in [-0.05, 0) is 6.92 Å². The molecule has 1 unspecified atom stereocenters. The molecule has 1 amide bonds. The fourth-order valence-corrected chi connectivity index (χ4v) is 0.804. The topological polar surface area (TPSA) is 99.2 Å². The van der Waals surface area contributed by atoms with Crippen molar-refractivity contribution in [2.45, 2.75) is 6.92 Å². The monoisotopic (exact) mass is 189 g/mol. The molecule has 0 fully saturated rings. The molecule has 0 rings (SSSR count). The molecule has 6 nitrogen and oxygen atoms in total. The van der Waals surface area contributed by atoms with E-state index in [9.17, 15) is 4.79 Å². The lowest BCUT2D eigenvalue weighted by atomic mass is 10.1. The number of nitrogens with zero attached hydrogens (tertiary/aromatic N) is 2. The van der Waals surface area contributed by atoms with Gasteiger partial charge in [0.25, 0.3) is 0 Å². The molecule has 0 aromatic rings. The Bertz CT molecular complexity index is 205. The highest BCUT2D eigenvalue weighted by atomic mass is 16.4. The van der Waals surface area contributed by atoms with Crippen LogP contribution < -0.4 is 5.73 Å². The van der Waals surface area contributed by atoms with Crippen LogP contribution in [0.15, 0.2) is 5.16 Å². The normalized spacial score (nSPS) is 13.9. The lowest BCUT2D eigenvalue weighted by Crippen LogP contribution is -2.39. The molecule has 0 heterocycles. The van der Waals surface area contributed by atoms with E-state index in [-0.39, 0.29) is 24.9 Å². The van der Waals surface area contributed by atoms with Crippen LogP contribution >= 0.6 is 0 Å². The Morgan fingerprint density at radius 1 is 1.69 bits per heavy atom. The van der Waals surface area contributed by atoms with E-state index < -0.39 is 5.92 Å². The van der Waals surface area contributed by atoms with Crippen LogP contribution in [0.4, 0.5) is 0 Å². The minimum atomic E-state index is -0.665. The van der Waals surface area contributed by atoms with E-state index >= 15 is 0 Å². The smallest absolute Gasteiger partial charge is 0.232 e. The predicted octanol–water partition coefficient (Wildman–Crippen LogP) is -1.18. The van der Waals surface area contributed by atoms with Crippen LogP contribution in [-0.2, 0) is 4.79 Å². The molecular weight excluding hydrogens is 174 g/mol. The number of hydrogen-bond acceptors (Lipinski definition) is 4. The maximum absolute atomic E-state index is 11.4. The first-order valence-corrected chi connectivity index (χ1v) is 3.87. The summed E-state index contributed by atoms with van der Waals surface area (Å²) in [4.78, 5) is 12.7. The largest absolute Gasteiger partial charge is 0.409 e. The summed E-state index contributed by atoms with van der Waals surface area (Å²) in [7, 11) is 1.54. The number of oxime groups is 1. The fraction of sp³-hybridized carbons (Fsp3) is 0.714. The van der Waals surface area contributed by atoms with E-state index in [1.165, 1.54) is 11.8 Å². The van der Waals surface area contributed by atoms with E-state index in [2.05, 4.69) is 5.16 Å². The first-order valence-electron chi connectivity index (χ1n) is 3.87. The Balaban J connectivity index is 4.25. The van der Waals surface area contributed by atoms with Crippen molar-refractivity contribution in [1.29, 1.82) is 0 Å². The zero-order valence-electron chi connectivity index (χ0n) is 7.77. The second kappa shape index (κ2) is 5.36. The van der Waals surface area contributed by atoms with Gasteiger partial charge in [0.15, 0.2) is 5.84 Å². The number of amides is 1. The van der Waals surface area contributed by atoms with E-state index in [0.29, 0.717) is 0 Å². The molecule has 76 valence electrons. The molecule has 0 aromatic heterocycles. The van der Waals surface area contributed by atoms with Crippen molar-refractivity contribution < 1.29 is 15.1 Å². The highest BCUT2D eigenvalue weighted by molar-refractivity contribution is 6.01. The summed E-state index contributed by atoms with van der Waals surface area (Å²) in [5, 5.41) is 19.6. The van der Waals surface area contributed by atoms with Crippen LogP contribution in [0.1, 0.15) is 6.92 Å². The molecule has 0 aliphatic rings. The third-order valence-electron chi connectivity index (χ3n) is 1.74. The maximum atomic E-state index is 11.4. The Kier molecular flexibility index (Phi) is 4.83. The van der Waals surface area contributed by atoms with Gasteiger partial charge in [0.2, 0.25) is 5.91 Å². The average molecular weight is 189 g/mol. The molecule has 0 spiro atoms. The minimum absolute atomic E-state index is 0.106. The highest BCUT2D eigenvalue weighted by Crippen LogP contribution is 2.00. The number of carbonyl (C=O) groups excluding carboxylic acids is 1. The van der Waals surface area contributed by atoms with Gasteiger partial charge in [0.1, 0.15) is 0 Å². The van der Waals surface area contributed by atoms with Crippen molar-refractivity contribution in [2.75, 3.05) is 20.2 Å². The molecule has 0 aliphatic carbocycles. The highest BCUT2D eigenvalue weighted by Gasteiger charge is 2.20. The molecule has 6 heteroatoms. The Morgan fingerprint density at radius 3 is 2.62 bits per heavy atom. The molecule has 0 aromatic carbocycles. The number of nitrogens with two attached hydrogens (primary N) is 1. The zero-order valence-corrected chi connectivity index (χ0v) is 7.77. The number of likely N-dealkylation sites (N-methyl/N-ethyl adjacent to an activating group) is 1. The second-order valence-corrected chi connectivity index (χ2v) is 2.73. The van der Waals surface area contributed by atoms with Crippen molar-refractivity contribution in [1.82, 2.24) is 4.90 Å². The molecule has 1 atom stereocenters. The summed E-state index contributed by atoms with van der Waals surface area (Å²) in [6, 6.07) is 0. The average Bonchev–Trinajstić information content (AvgIpc) is 2.14. The van der Waals surface area contributed by atoms with Gasteiger partial charge >= 0.3 is 0 Å². The van der Waals surface area contributed by atoms with E-state index in [4.69, 9.17) is 16.0 Å². The van der Waals surface area contributed by atoms with Gasteiger partial charge in [-0.2, -0.15) is 0 Å². The first-order chi connectivity index (χ1) is 6.04. The molecule has 0 saturated carbocycles. The molecular formula is C7H15N3O3. The summed E-state index contributed by atoms with van der Waals surface area (Å²) in [6.45, 7) is 1.66. The van der Waals surface area contributed by atoms with Gasteiger partial charge < -0.3 is 20.9 Å². The second-order valence-electron chi connectivity index (χ2n) is 2.73. The molecule has 13 heavy (non-hydrogen) atoms. The predicted molar refractivity (Wildman–Crippen MR) is 47.3 cm³/mol. The van der Waals surface area contributed by atoms with Crippen molar-refractivity contribution >= 4 is 11.7 Å². The Hall–Kier alpha value is -1.30. The van der Waals surface area contributed by atoms with Crippen LogP contribution in [0, 0.1) is 5.92 Å². The van der Waals surface area contributed by atoms with Crippen LogP contribution in [-0.4, -0.2) is 47.2 Å². The molecule has 0 aliphatic heterocycles. The van der Waals surface area contributed by atoms with Crippen molar-refractivity contribution in [3.05, 3.63) is 0 Å². The summed E-state index contributed by atoms with van der Waals surface area (Å²) in [5.41, 5.74) is 5.24. The van der Waals surface area contributed by atoms with Gasteiger partial charge in [-0.1, -0.05) is 5.16 Å². The molecule has 0 saturated heterocycles. The number of amidine groups is 1. The number of rotatable bonds is 4. The van der Waals surface area contributed by atoms with E-state index in [1.807, 2.05) is 0 Å². The lowest BCUT2D eigenvalue weighted by Gasteiger charge is -2.19. The van der Waals surface area contributed by atoms with Gasteiger partial charge in [0, 0.05) is 13.6 Å². The summed E-state index contributed by atoms with van der Waals surface area (Å²) < 4.78 is 0. The molecule has 0 radical (unpaired) electrons. The third-order valence-corrected chi connectivity index (χ3v) is 1.74. The number of carbonyl (C=O) groups is 1. The molecule has 4 N–H and O–H groups in total. The van der Waals surface area contributed by atoms with E-state index in [1.54, 1.807) is 7.05 Å². The number of hydrogen-bond donors (Lipinski definition) is 3. The lowest BCUT2D eigenvalue weighted by molar-refractivity contribution is -0.132. The van der Waals surface area contributed by atoms with Crippen LogP contribution in [0.5, 0.6) is 0 Å². The van der Waals surface area contributed by atoms with Gasteiger partial charge in [-0.3, -0.25) is 4.79 Å². The first kappa shape index (κ1) is 11.7. The SMILES string of the molecule is CC(C(=O)N(C)CCO)C(N)=NO. The summed E-state index contributed by atoms with van der Waals surface area (Å²) in [5.74, 6) is -1.08. The van der Waals surface area contributed by atoms with Crippen LogP contribution in [0.3, 0.4) is 0 Å².